The fourth-order valence-corrected chi connectivity index (χ4v) is 2.39. The fourth-order valence-electron chi connectivity index (χ4n) is 2.39. The molecule has 0 fully saturated rings. The lowest BCUT2D eigenvalue weighted by atomic mass is 9.93. The van der Waals surface area contributed by atoms with Gasteiger partial charge in [-0.25, -0.2) is 0 Å². The summed E-state index contributed by atoms with van der Waals surface area (Å²) in [5, 5.41) is 14.0. The van der Waals surface area contributed by atoms with Crippen LogP contribution in [0.15, 0.2) is 30.3 Å². The quantitative estimate of drug-likeness (QED) is 0.662. The van der Waals surface area contributed by atoms with E-state index in [0.29, 0.717) is 5.92 Å². The van der Waals surface area contributed by atoms with E-state index in [4.69, 9.17) is 0 Å². The molecule has 0 heterocycles. The van der Waals surface area contributed by atoms with Gasteiger partial charge in [-0.1, -0.05) is 70.4 Å². The standard InChI is InChI=1S/C17H29NO/c1-4-5-6-10-13-18-16(14(2)3)17(19)15-11-8-7-9-12-15/h7-9,11-12,14,16-19H,4-6,10,13H2,1-3H3. The van der Waals surface area contributed by atoms with Crippen molar-refractivity contribution in [1.29, 1.82) is 0 Å². The lowest BCUT2D eigenvalue weighted by Gasteiger charge is -2.28. The Labute approximate surface area is 118 Å². The van der Waals surface area contributed by atoms with Crippen LogP contribution in [0.1, 0.15) is 58.1 Å². The average Bonchev–Trinajstić information content (AvgIpc) is 2.43. The summed E-state index contributed by atoms with van der Waals surface area (Å²) in [5.74, 6) is 0.418. The normalized spacial score (nSPS) is 14.6. The number of rotatable bonds is 9. The summed E-state index contributed by atoms with van der Waals surface area (Å²) in [7, 11) is 0. The van der Waals surface area contributed by atoms with Crippen LogP contribution in [0.2, 0.25) is 0 Å². The molecule has 2 nitrogen and oxygen atoms in total. The van der Waals surface area contributed by atoms with Crippen LogP contribution in [0.5, 0.6) is 0 Å². The van der Waals surface area contributed by atoms with E-state index in [2.05, 4.69) is 26.1 Å². The Hall–Kier alpha value is -0.860. The average molecular weight is 263 g/mol. The van der Waals surface area contributed by atoms with Crippen molar-refractivity contribution >= 4 is 0 Å². The molecular formula is C17H29NO. The highest BCUT2D eigenvalue weighted by molar-refractivity contribution is 5.19. The summed E-state index contributed by atoms with van der Waals surface area (Å²) in [6.07, 6.45) is 4.61. The smallest absolute Gasteiger partial charge is 0.0945 e. The maximum atomic E-state index is 10.5. The van der Waals surface area contributed by atoms with Gasteiger partial charge in [0.2, 0.25) is 0 Å². The topological polar surface area (TPSA) is 32.3 Å². The van der Waals surface area contributed by atoms with Gasteiger partial charge in [-0.15, -0.1) is 0 Å². The fraction of sp³-hybridized carbons (Fsp3) is 0.647. The van der Waals surface area contributed by atoms with Gasteiger partial charge in [0.25, 0.3) is 0 Å². The monoisotopic (exact) mass is 263 g/mol. The summed E-state index contributed by atoms with van der Waals surface area (Å²) < 4.78 is 0. The predicted molar refractivity (Wildman–Crippen MR) is 82.2 cm³/mol. The summed E-state index contributed by atoms with van der Waals surface area (Å²) in [5.41, 5.74) is 1.00. The first-order valence-electron chi connectivity index (χ1n) is 7.63. The first kappa shape index (κ1) is 16.2. The van der Waals surface area contributed by atoms with Gasteiger partial charge < -0.3 is 10.4 Å². The molecule has 2 heteroatoms. The molecule has 0 aliphatic carbocycles. The Bertz CT molecular complexity index is 323. The largest absolute Gasteiger partial charge is 0.387 e. The van der Waals surface area contributed by atoms with Gasteiger partial charge in [0, 0.05) is 6.04 Å². The van der Waals surface area contributed by atoms with E-state index in [1.807, 2.05) is 30.3 Å². The van der Waals surface area contributed by atoms with E-state index in [1.54, 1.807) is 0 Å². The van der Waals surface area contributed by atoms with Gasteiger partial charge in [-0.05, 0) is 24.4 Å². The Morgan fingerprint density at radius 3 is 2.32 bits per heavy atom. The van der Waals surface area contributed by atoms with Crippen molar-refractivity contribution < 1.29 is 5.11 Å². The van der Waals surface area contributed by atoms with Gasteiger partial charge in [0.05, 0.1) is 6.10 Å². The highest BCUT2D eigenvalue weighted by Crippen LogP contribution is 2.21. The molecule has 0 radical (unpaired) electrons. The molecule has 0 saturated heterocycles. The van der Waals surface area contributed by atoms with Gasteiger partial charge >= 0.3 is 0 Å². The van der Waals surface area contributed by atoms with Crippen LogP contribution in [0, 0.1) is 5.92 Å². The molecule has 0 aromatic heterocycles. The Kier molecular flexibility index (Phi) is 7.76. The molecule has 0 bridgehead atoms. The van der Waals surface area contributed by atoms with Crippen molar-refractivity contribution in [2.24, 2.45) is 5.92 Å². The van der Waals surface area contributed by atoms with Crippen LogP contribution >= 0.6 is 0 Å². The first-order chi connectivity index (χ1) is 9.16. The molecule has 1 rings (SSSR count). The number of aliphatic hydroxyl groups excluding tert-OH is 1. The van der Waals surface area contributed by atoms with Gasteiger partial charge in [-0.3, -0.25) is 0 Å². The number of nitrogens with one attached hydrogen (secondary N) is 1. The summed E-state index contributed by atoms with van der Waals surface area (Å²) >= 11 is 0. The molecule has 2 atom stereocenters. The number of unbranched alkanes of at least 4 members (excludes halogenated alkanes) is 3. The second kappa shape index (κ2) is 9.11. The lowest BCUT2D eigenvalue weighted by Crippen LogP contribution is -2.39. The van der Waals surface area contributed by atoms with Crippen LogP contribution in [0.3, 0.4) is 0 Å². The first-order valence-corrected chi connectivity index (χ1v) is 7.63. The second-order valence-electron chi connectivity index (χ2n) is 5.64. The summed E-state index contributed by atoms with van der Waals surface area (Å²) in [6.45, 7) is 7.54. The summed E-state index contributed by atoms with van der Waals surface area (Å²) in [6, 6.07) is 10.1. The molecular weight excluding hydrogens is 234 g/mol. The Balaban J connectivity index is 2.48. The molecule has 0 spiro atoms. The van der Waals surface area contributed by atoms with E-state index >= 15 is 0 Å². The molecule has 2 N–H and O–H groups in total. The maximum Gasteiger partial charge on any atom is 0.0945 e. The lowest BCUT2D eigenvalue weighted by molar-refractivity contribution is 0.105. The molecule has 1 aromatic carbocycles. The summed E-state index contributed by atoms with van der Waals surface area (Å²) in [4.78, 5) is 0. The number of hydrogen-bond donors (Lipinski definition) is 2. The third-order valence-corrected chi connectivity index (χ3v) is 3.61. The van der Waals surface area contributed by atoms with E-state index in [1.165, 1.54) is 25.7 Å². The van der Waals surface area contributed by atoms with Crippen molar-refractivity contribution in [3.05, 3.63) is 35.9 Å². The van der Waals surface area contributed by atoms with E-state index in [9.17, 15) is 5.11 Å². The minimum absolute atomic E-state index is 0.129. The number of aliphatic hydroxyl groups is 1. The zero-order valence-electron chi connectivity index (χ0n) is 12.6. The second-order valence-corrected chi connectivity index (χ2v) is 5.64. The van der Waals surface area contributed by atoms with E-state index in [0.717, 1.165) is 12.1 Å². The van der Waals surface area contributed by atoms with Gasteiger partial charge in [-0.2, -0.15) is 0 Å². The minimum Gasteiger partial charge on any atom is -0.387 e. The maximum absolute atomic E-state index is 10.5. The molecule has 0 amide bonds. The third-order valence-electron chi connectivity index (χ3n) is 3.61. The minimum atomic E-state index is -0.424. The molecule has 19 heavy (non-hydrogen) atoms. The van der Waals surface area contributed by atoms with E-state index in [-0.39, 0.29) is 6.04 Å². The van der Waals surface area contributed by atoms with E-state index < -0.39 is 6.10 Å². The predicted octanol–water partition coefficient (Wildman–Crippen LogP) is 3.91. The third kappa shape index (κ3) is 5.75. The number of hydrogen-bond acceptors (Lipinski definition) is 2. The SMILES string of the molecule is CCCCCCNC(C(C)C)C(O)c1ccccc1. The molecule has 0 aliphatic rings. The van der Waals surface area contributed by atoms with Crippen molar-refractivity contribution in [3.8, 4) is 0 Å². The van der Waals surface area contributed by atoms with Crippen LogP contribution in [-0.2, 0) is 0 Å². The van der Waals surface area contributed by atoms with Crippen LogP contribution < -0.4 is 5.32 Å². The van der Waals surface area contributed by atoms with Crippen molar-refractivity contribution in [3.63, 3.8) is 0 Å². The van der Waals surface area contributed by atoms with Crippen LogP contribution in [-0.4, -0.2) is 17.7 Å². The zero-order chi connectivity index (χ0) is 14.1. The molecule has 0 saturated carbocycles. The highest BCUT2D eigenvalue weighted by Gasteiger charge is 2.22. The zero-order valence-corrected chi connectivity index (χ0v) is 12.6. The van der Waals surface area contributed by atoms with Crippen molar-refractivity contribution in [1.82, 2.24) is 5.32 Å². The van der Waals surface area contributed by atoms with Crippen molar-refractivity contribution in [2.75, 3.05) is 6.54 Å². The van der Waals surface area contributed by atoms with Crippen molar-refractivity contribution in [2.45, 2.75) is 58.6 Å². The number of benzene rings is 1. The molecule has 108 valence electrons. The Morgan fingerprint density at radius 2 is 1.74 bits per heavy atom. The molecule has 1 aromatic rings. The Morgan fingerprint density at radius 1 is 1.05 bits per heavy atom. The molecule has 2 unspecified atom stereocenters. The van der Waals surface area contributed by atoms with Crippen LogP contribution in [0.25, 0.3) is 0 Å². The van der Waals surface area contributed by atoms with Gasteiger partial charge in [0.15, 0.2) is 0 Å². The van der Waals surface area contributed by atoms with Crippen LogP contribution in [0.4, 0.5) is 0 Å². The van der Waals surface area contributed by atoms with Gasteiger partial charge in [0.1, 0.15) is 0 Å². The highest BCUT2D eigenvalue weighted by atomic mass is 16.3. The molecule has 0 aliphatic heterocycles.